The normalized spacial score (nSPS) is 46.9. The van der Waals surface area contributed by atoms with Crippen molar-refractivity contribution in [2.24, 2.45) is 28.6 Å². The Morgan fingerprint density at radius 1 is 1.19 bits per heavy atom. The first-order valence-corrected chi connectivity index (χ1v) is 12.4. The second-order valence-electron chi connectivity index (χ2n) is 11.6. The lowest BCUT2D eigenvalue weighted by Gasteiger charge is -2.59. The monoisotopic (exact) mass is 442 g/mol. The molecular formula is C26H38N2O4. The Hall–Kier alpha value is -1.34. The van der Waals surface area contributed by atoms with Gasteiger partial charge in [-0.3, -0.25) is 14.5 Å². The van der Waals surface area contributed by atoms with Gasteiger partial charge in [-0.25, -0.2) is 0 Å². The van der Waals surface area contributed by atoms with Gasteiger partial charge in [0.15, 0.2) is 11.6 Å². The number of allylic oxidation sites excluding steroid dienone is 4. The first-order chi connectivity index (χ1) is 15.1. The number of likely N-dealkylation sites (N-methyl/N-ethyl adjacent to an activating group) is 1. The quantitative estimate of drug-likeness (QED) is 0.694. The molecule has 5 aliphatic rings. The van der Waals surface area contributed by atoms with Gasteiger partial charge in [-0.2, -0.15) is 0 Å². The van der Waals surface area contributed by atoms with Crippen LogP contribution in [0.3, 0.4) is 0 Å². The van der Waals surface area contributed by atoms with E-state index in [0.29, 0.717) is 19.4 Å². The van der Waals surface area contributed by atoms with Crippen LogP contribution in [0.25, 0.3) is 0 Å². The van der Waals surface area contributed by atoms with Crippen molar-refractivity contribution < 1.29 is 19.8 Å². The van der Waals surface area contributed by atoms with Gasteiger partial charge < -0.3 is 15.1 Å². The molecule has 3 saturated carbocycles. The van der Waals surface area contributed by atoms with Crippen LogP contribution in [0.2, 0.25) is 0 Å². The average molecular weight is 443 g/mol. The fraction of sp³-hybridized carbons (Fsp3) is 0.769. The number of fused-ring (bicyclic) bond motifs is 5. The molecule has 6 heteroatoms. The SMILES string of the molecule is CN1CCN(CC(=O)[C@@]2(O)CCC3C4CCC5=CC(=O)C=CC5(C)C4C(O)CC32C)CC1. The molecule has 0 spiro atoms. The van der Waals surface area contributed by atoms with E-state index in [-0.39, 0.29) is 34.7 Å². The predicted octanol–water partition coefficient (Wildman–Crippen LogP) is 1.81. The number of nitrogens with zero attached hydrogens (tertiary/aromatic N) is 2. The molecule has 0 bridgehead atoms. The van der Waals surface area contributed by atoms with Crippen LogP contribution in [0.1, 0.15) is 46.0 Å². The molecule has 1 aliphatic heterocycles. The lowest BCUT2D eigenvalue weighted by atomic mass is 9.46. The molecule has 7 atom stereocenters. The maximum atomic E-state index is 13.5. The Morgan fingerprint density at radius 3 is 2.62 bits per heavy atom. The highest BCUT2D eigenvalue weighted by atomic mass is 16.3. The zero-order valence-electron chi connectivity index (χ0n) is 19.7. The summed E-state index contributed by atoms with van der Waals surface area (Å²) >= 11 is 0. The maximum absolute atomic E-state index is 13.5. The summed E-state index contributed by atoms with van der Waals surface area (Å²) in [5.74, 6) is 0.454. The third kappa shape index (κ3) is 3.13. The Labute approximate surface area is 191 Å². The van der Waals surface area contributed by atoms with Gasteiger partial charge in [-0.05, 0) is 63.1 Å². The minimum absolute atomic E-state index is 0.0278. The smallest absolute Gasteiger partial charge is 0.178 e. The fourth-order valence-electron chi connectivity index (χ4n) is 8.13. The molecule has 4 aliphatic carbocycles. The second kappa shape index (κ2) is 7.59. The van der Waals surface area contributed by atoms with Crippen LogP contribution >= 0.6 is 0 Å². The van der Waals surface area contributed by atoms with Crippen LogP contribution in [0.15, 0.2) is 23.8 Å². The van der Waals surface area contributed by atoms with Crippen LogP contribution in [0.5, 0.6) is 0 Å². The largest absolute Gasteiger partial charge is 0.393 e. The number of rotatable bonds is 3. The van der Waals surface area contributed by atoms with E-state index in [9.17, 15) is 19.8 Å². The molecule has 0 aromatic carbocycles. The van der Waals surface area contributed by atoms with Crippen molar-refractivity contribution in [1.82, 2.24) is 9.80 Å². The lowest BCUT2D eigenvalue weighted by molar-refractivity contribution is -0.177. The van der Waals surface area contributed by atoms with Gasteiger partial charge in [0, 0.05) is 42.9 Å². The van der Waals surface area contributed by atoms with E-state index in [1.54, 1.807) is 12.2 Å². The van der Waals surface area contributed by atoms with E-state index in [1.165, 1.54) is 0 Å². The summed E-state index contributed by atoms with van der Waals surface area (Å²) in [6.07, 6.45) is 8.33. The van der Waals surface area contributed by atoms with Crippen LogP contribution < -0.4 is 0 Å². The van der Waals surface area contributed by atoms with Crippen LogP contribution in [-0.2, 0) is 9.59 Å². The molecule has 6 unspecified atom stereocenters. The summed E-state index contributed by atoms with van der Waals surface area (Å²) in [6, 6.07) is 0. The maximum Gasteiger partial charge on any atom is 0.178 e. The summed E-state index contributed by atoms with van der Waals surface area (Å²) in [7, 11) is 2.10. The van der Waals surface area contributed by atoms with Crippen molar-refractivity contribution in [2.75, 3.05) is 39.8 Å². The molecule has 0 aromatic rings. The van der Waals surface area contributed by atoms with Crippen molar-refractivity contribution in [3.05, 3.63) is 23.8 Å². The van der Waals surface area contributed by atoms with E-state index in [4.69, 9.17) is 0 Å². The number of ketones is 2. The van der Waals surface area contributed by atoms with Crippen LogP contribution in [0, 0.1) is 28.6 Å². The molecule has 176 valence electrons. The second-order valence-corrected chi connectivity index (χ2v) is 11.6. The van der Waals surface area contributed by atoms with Crippen molar-refractivity contribution in [3.63, 3.8) is 0 Å². The highest BCUT2D eigenvalue weighted by molar-refractivity contribution is 6.01. The number of hydrogen-bond acceptors (Lipinski definition) is 6. The molecule has 1 heterocycles. The number of carbonyl (C=O) groups excluding carboxylic acids is 2. The number of hydrogen-bond donors (Lipinski definition) is 2. The number of aliphatic hydroxyl groups is 2. The topological polar surface area (TPSA) is 81.1 Å². The Morgan fingerprint density at radius 2 is 1.91 bits per heavy atom. The Kier molecular flexibility index (Phi) is 5.32. The highest BCUT2D eigenvalue weighted by Gasteiger charge is 2.68. The van der Waals surface area contributed by atoms with Gasteiger partial charge in [-0.1, -0.05) is 25.5 Å². The van der Waals surface area contributed by atoms with E-state index < -0.39 is 17.1 Å². The van der Waals surface area contributed by atoms with Gasteiger partial charge in [0.05, 0.1) is 12.6 Å². The van der Waals surface area contributed by atoms with Crippen molar-refractivity contribution in [3.8, 4) is 0 Å². The first kappa shape index (κ1) is 22.5. The molecular weight excluding hydrogens is 404 g/mol. The average Bonchev–Trinajstić information content (AvgIpc) is 3.01. The molecule has 6 nitrogen and oxygen atoms in total. The van der Waals surface area contributed by atoms with E-state index in [2.05, 4.69) is 30.7 Å². The molecule has 0 aromatic heterocycles. The van der Waals surface area contributed by atoms with Gasteiger partial charge in [-0.15, -0.1) is 0 Å². The summed E-state index contributed by atoms with van der Waals surface area (Å²) in [5.41, 5.74) is -1.17. The predicted molar refractivity (Wildman–Crippen MR) is 122 cm³/mol. The fourth-order valence-corrected chi connectivity index (χ4v) is 8.13. The van der Waals surface area contributed by atoms with Crippen LogP contribution in [0.4, 0.5) is 0 Å². The summed E-state index contributed by atoms with van der Waals surface area (Å²) in [5, 5.41) is 23.3. The van der Waals surface area contributed by atoms with E-state index >= 15 is 0 Å². The zero-order chi connectivity index (χ0) is 22.9. The van der Waals surface area contributed by atoms with Gasteiger partial charge in [0.25, 0.3) is 0 Å². The number of aliphatic hydroxyl groups excluding tert-OH is 1. The lowest BCUT2D eigenvalue weighted by Crippen LogP contribution is -2.62. The molecule has 4 fully saturated rings. The zero-order valence-corrected chi connectivity index (χ0v) is 19.7. The number of carbonyl (C=O) groups is 2. The third-order valence-electron chi connectivity index (χ3n) is 10.1. The molecule has 32 heavy (non-hydrogen) atoms. The first-order valence-electron chi connectivity index (χ1n) is 12.4. The summed E-state index contributed by atoms with van der Waals surface area (Å²) in [6.45, 7) is 8.10. The summed E-state index contributed by atoms with van der Waals surface area (Å²) < 4.78 is 0. The minimum atomic E-state index is -1.37. The Balaban J connectivity index is 1.40. The van der Waals surface area contributed by atoms with Crippen molar-refractivity contribution >= 4 is 11.6 Å². The minimum Gasteiger partial charge on any atom is -0.393 e. The van der Waals surface area contributed by atoms with Crippen LogP contribution in [-0.4, -0.2) is 83.1 Å². The highest BCUT2D eigenvalue weighted by Crippen LogP contribution is 2.67. The standard InChI is InChI=1S/C26H38N2O4/c1-24-8-6-18(29)14-17(24)4-5-19-20-7-9-26(32,25(20,2)15-21(30)23(19)24)22(31)16-28-12-10-27(3)11-13-28/h6,8,14,19-21,23,30,32H,4-5,7,9-13,15-16H2,1-3H3/t19?,20?,21?,23?,24?,25?,26-/m0/s1. The molecule has 5 rings (SSSR count). The third-order valence-corrected chi connectivity index (χ3v) is 10.1. The van der Waals surface area contributed by atoms with Gasteiger partial charge in [0.2, 0.25) is 0 Å². The molecule has 2 N–H and O–H groups in total. The van der Waals surface area contributed by atoms with E-state index in [0.717, 1.165) is 51.0 Å². The van der Waals surface area contributed by atoms with E-state index in [1.807, 2.05) is 6.08 Å². The number of Topliss-reactive ketones (excluding diaryl/α,β-unsaturated/α-hetero) is 1. The molecule has 0 amide bonds. The van der Waals surface area contributed by atoms with Gasteiger partial charge >= 0.3 is 0 Å². The van der Waals surface area contributed by atoms with Crippen molar-refractivity contribution in [2.45, 2.75) is 57.7 Å². The van der Waals surface area contributed by atoms with Crippen molar-refractivity contribution in [1.29, 1.82) is 0 Å². The number of piperazine rings is 1. The Bertz CT molecular complexity index is 875. The molecule has 0 radical (unpaired) electrons. The molecule has 1 saturated heterocycles. The van der Waals surface area contributed by atoms with Gasteiger partial charge in [0.1, 0.15) is 5.60 Å². The summed E-state index contributed by atoms with van der Waals surface area (Å²) in [4.78, 5) is 29.9.